The standard InChI is InChI=1S/C22H28N4O2/c27-22(20-7-4-10-26(20)17-18-5-2-1-3-6-18)24-16-19-8-9-21(23-15-19)25-11-13-28-14-12-25/h1-3,5-6,8-9,15,20H,4,7,10-14,16-17H2,(H,24,27). The number of amides is 1. The minimum Gasteiger partial charge on any atom is -0.378 e. The maximum absolute atomic E-state index is 12.7. The molecule has 1 atom stereocenters. The third kappa shape index (κ3) is 4.69. The third-order valence-corrected chi connectivity index (χ3v) is 5.51. The molecule has 2 fully saturated rings. The molecule has 4 rings (SSSR count). The van der Waals surface area contributed by atoms with Crippen molar-refractivity contribution < 1.29 is 9.53 Å². The summed E-state index contributed by atoms with van der Waals surface area (Å²) in [6.45, 7) is 5.58. The molecule has 1 aromatic carbocycles. The van der Waals surface area contributed by atoms with Crippen LogP contribution in [0.4, 0.5) is 5.82 Å². The quantitative estimate of drug-likeness (QED) is 0.833. The van der Waals surface area contributed by atoms with E-state index in [0.29, 0.717) is 6.54 Å². The molecule has 0 radical (unpaired) electrons. The van der Waals surface area contributed by atoms with Gasteiger partial charge >= 0.3 is 0 Å². The number of nitrogens with one attached hydrogen (secondary N) is 1. The van der Waals surface area contributed by atoms with Crippen molar-refractivity contribution in [3.05, 3.63) is 59.8 Å². The summed E-state index contributed by atoms with van der Waals surface area (Å²) < 4.78 is 5.38. The van der Waals surface area contributed by atoms with Crippen molar-refractivity contribution in [2.45, 2.75) is 32.0 Å². The Labute approximate surface area is 166 Å². The van der Waals surface area contributed by atoms with E-state index in [1.54, 1.807) is 0 Å². The predicted octanol–water partition coefficient (Wildman–Crippen LogP) is 2.20. The number of likely N-dealkylation sites (tertiary alicyclic amines) is 1. The van der Waals surface area contributed by atoms with E-state index < -0.39 is 0 Å². The largest absolute Gasteiger partial charge is 0.378 e. The molecule has 6 nitrogen and oxygen atoms in total. The number of aromatic nitrogens is 1. The number of morpholine rings is 1. The molecule has 6 heteroatoms. The van der Waals surface area contributed by atoms with Gasteiger partial charge in [-0.2, -0.15) is 0 Å². The van der Waals surface area contributed by atoms with Gasteiger partial charge in [-0.15, -0.1) is 0 Å². The van der Waals surface area contributed by atoms with Crippen molar-refractivity contribution >= 4 is 11.7 Å². The lowest BCUT2D eigenvalue weighted by atomic mass is 10.1. The number of hydrogen-bond acceptors (Lipinski definition) is 5. The lowest BCUT2D eigenvalue weighted by molar-refractivity contribution is -0.125. The maximum atomic E-state index is 12.7. The van der Waals surface area contributed by atoms with E-state index in [4.69, 9.17) is 4.74 Å². The average Bonchev–Trinajstić information content (AvgIpc) is 3.22. The van der Waals surface area contributed by atoms with E-state index in [1.807, 2.05) is 30.5 Å². The first kappa shape index (κ1) is 18.9. The molecule has 1 amide bonds. The molecular formula is C22H28N4O2. The molecule has 2 aromatic rings. The Hall–Kier alpha value is -2.44. The zero-order valence-electron chi connectivity index (χ0n) is 16.2. The highest BCUT2D eigenvalue weighted by molar-refractivity contribution is 5.82. The number of carbonyl (C=O) groups is 1. The van der Waals surface area contributed by atoms with E-state index in [-0.39, 0.29) is 11.9 Å². The number of carbonyl (C=O) groups excluding carboxylic acids is 1. The smallest absolute Gasteiger partial charge is 0.237 e. The first-order chi connectivity index (χ1) is 13.8. The highest BCUT2D eigenvalue weighted by Gasteiger charge is 2.30. The molecule has 0 bridgehead atoms. The Morgan fingerprint density at radius 1 is 1.07 bits per heavy atom. The number of benzene rings is 1. The normalized spacial score (nSPS) is 20.3. The summed E-state index contributed by atoms with van der Waals surface area (Å²) in [6, 6.07) is 14.4. The molecule has 2 aliphatic rings. The first-order valence-electron chi connectivity index (χ1n) is 10.1. The first-order valence-corrected chi connectivity index (χ1v) is 10.1. The van der Waals surface area contributed by atoms with Gasteiger partial charge in [-0.1, -0.05) is 36.4 Å². The van der Waals surface area contributed by atoms with E-state index >= 15 is 0 Å². The second-order valence-electron chi connectivity index (χ2n) is 7.46. The number of nitrogens with zero attached hydrogens (tertiary/aromatic N) is 3. The van der Waals surface area contributed by atoms with Gasteiger partial charge in [0.2, 0.25) is 5.91 Å². The lowest BCUT2D eigenvalue weighted by Gasteiger charge is -2.27. The molecule has 3 heterocycles. The number of ether oxygens (including phenoxy) is 1. The molecule has 148 valence electrons. The van der Waals surface area contributed by atoms with Crippen molar-refractivity contribution in [3.63, 3.8) is 0 Å². The van der Waals surface area contributed by atoms with Crippen LogP contribution in [0.3, 0.4) is 0 Å². The molecule has 1 unspecified atom stereocenters. The monoisotopic (exact) mass is 380 g/mol. The fourth-order valence-corrected chi connectivity index (χ4v) is 3.94. The van der Waals surface area contributed by atoms with Gasteiger partial charge < -0.3 is 15.0 Å². The Kier molecular flexibility index (Phi) is 6.19. The molecular weight excluding hydrogens is 352 g/mol. The second-order valence-corrected chi connectivity index (χ2v) is 7.46. The van der Waals surface area contributed by atoms with Crippen LogP contribution in [0.2, 0.25) is 0 Å². The van der Waals surface area contributed by atoms with E-state index in [2.05, 4.69) is 38.3 Å². The summed E-state index contributed by atoms with van der Waals surface area (Å²) >= 11 is 0. The van der Waals surface area contributed by atoms with Gasteiger partial charge in [0.1, 0.15) is 5.82 Å². The van der Waals surface area contributed by atoms with Crippen LogP contribution in [0.1, 0.15) is 24.0 Å². The van der Waals surface area contributed by atoms with Gasteiger partial charge in [-0.05, 0) is 36.6 Å². The average molecular weight is 380 g/mol. The highest BCUT2D eigenvalue weighted by Crippen LogP contribution is 2.20. The Balaban J connectivity index is 1.29. The van der Waals surface area contributed by atoms with Crippen LogP contribution in [0, 0.1) is 0 Å². The topological polar surface area (TPSA) is 57.7 Å². The van der Waals surface area contributed by atoms with Crippen molar-refractivity contribution in [1.29, 1.82) is 0 Å². The summed E-state index contributed by atoms with van der Waals surface area (Å²) in [5, 5.41) is 3.10. The van der Waals surface area contributed by atoms with Gasteiger partial charge in [0, 0.05) is 32.4 Å². The molecule has 0 aliphatic carbocycles. The van der Waals surface area contributed by atoms with Gasteiger partial charge in [0.05, 0.1) is 19.3 Å². The maximum Gasteiger partial charge on any atom is 0.237 e. The van der Waals surface area contributed by atoms with Crippen molar-refractivity contribution in [2.75, 3.05) is 37.7 Å². The van der Waals surface area contributed by atoms with Crippen LogP contribution in [0.15, 0.2) is 48.7 Å². The van der Waals surface area contributed by atoms with Crippen LogP contribution in [-0.2, 0) is 22.6 Å². The van der Waals surface area contributed by atoms with E-state index in [0.717, 1.165) is 63.6 Å². The van der Waals surface area contributed by atoms with Crippen LogP contribution in [0.25, 0.3) is 0 Å². The minimum atomic E-state index is -0.0409. The lowest BCUT2D eigenvalue weighted by Crippen LogP contribution is -2.42. The summed E-state index contributed by atoms with van der Waals surface area (Å²) in [7, 11) is 0. The molecule has 0 saturated carbocycles. The fourth-order valence-electron chi connectivity index (χ4n) is 3.94. The van der Waals surface area contributed by atoms with Crippen LogP contribution in [-0.4, -0.2) is 54.7 Å². The van der Waals surface area contributed by atoms with Crippen LogP contribution in [0.5, 0.6) is 0 Å². The van der Waals surface area contributed by atoms with Gasteiger partial charge in [0.15, 0.2) is 0 Å². The molecule has 2 aliphatic heterocycles. The van der Waals surface area contributed by atoms with Crippen LogP contribution >= 0.6 is 0 Å². The van der Waals surface area contributed by atoms with Crippen LogP contribution < -0.4 is 10.2 Å². The molecule has 1 aromatic heterocycles. The molecule has 28 heavy (non-hydrogen) atoms. The van der Waals surface area contributed by atoms with Gasteiger partial charge in [-0.25, -0.2) is 4.98 Å². The van der Waals surface area contributed by atoms with E-state index in [9.17, 15) is 4.79 Å². The fraction of sp³-hybridized carbons (Fsp3) is 0.455. The minimum absolute atomic E-state index is 0.0409. The number of anilines is 1. The number of pyridine rings is 1. The van der Waals surface area contributed by atoms with Gasteiger partial charge in [-0.3, -0.25) is 9.69 Å². The summed E-state index contributed by atoms with van der Waals surface area (Å²) in [5.41, 5.74) is 2.28. The second kappa shape index (κ2) is 9.17. The molecule has 0 spiro atoms. The SMILES string of the molecule is O=C(NCc1ccc(N2CCOCC2)nc1)C1CCCN1Cc1ccccc1. The summed E-state index contributed by atoms with van der Waals surface area (Å²) in [4.78, 5) is 21.8. The Bertz CT molecular complexity index is 760. The van der Waals surface area contributed by atoms with Gasteiger partial charge in [0.25, 0.3) is 0 Å². The number of hydrogen-bond donors (Lipinski definition) is 1. The van der Waals surface area contributed by atoms with Crippen molar-refractivity contribution in [3.8, 4) is 0 Å². The number of rotatable bonds is 6. The molecule has 1 N–H and O–H groups in total. The Morgan fingerprint density at radius 3 is 2.64 bits per heavy atom. The van der Waals surface area contributed by atoms with Crippen molar-refractivity contribution in [2.24, 2.45) is 0 Å². The summed E-state index contributed by atoms with van der Waals surface area (Å²) in [6.07, 6.45) is 3.86. The molecule has 2 saturated heterocycles. The Morgan fingerprint density at radius 2 is 1.89 bits per heavy atom. The predicted molar refractivity (Wildman–Crippen MR) is 109 cm³/mol. The zero-order valence-corrected chi connectivity index (χ0v) is 16.2. The van der Waals surface area contributed by atoms with Crippen molar-refractivity contribution in [1.82, 2.24) is 15.2 Å². The summed E-state index contributed by atoms with van der Waals surface area (Å²) in [5.74, 6) is 1.09. The highest BCUT2D eigenvalue weighted by atomic mass is 16.5. The third-order valence-electron chi connectivity index (χ3n) is 5.51. The van der Waals surface area contributed by atoms with E-state index in [1.165, 1.54) is 5.56 Å². The zero-order chi connectivity index (χ0) is 19.2.